The number of carbonyl (C=O) groups excluding carboxylic acids is 1. The maximum absolute atomic E-state index is 12.0. The van der Waals surface area contributed by atoms with Crippen LogP contribution in [0, 0.1) is 0 Å². The van der Waals surface area contributed by atoms with E-state index in [1.165, 1.54) is 14.2 Å². The first kappa shape index (κ1) is 16.4. The summed E-state index contributed by atoms with van der Waals surface area (Å²) in [6.07, 6.45) is 2.41. The Balaban J connectivity index is 2.51. The Labute approximate surface area is 114 Å². The van der Waals surface area contributed by atoms with Gasteiger partial charge in [0.05, 0.1) is 19.6 Å². The minimum absolute atomic E-state index is 0.00112. The van der Waals surface area contributed by atoms with E-state index in [1.54, 1.807) is 0 Å². The Hall–Kier alpha value is -0.700. The Morgan fingerprint density at radius 3 is 2.63 bits per heavy atom. The van der Waals surface area contributed by atoms with Crippen molar-refractivity contribution >= 4 is 16.2 Å². The van der Waals surface area contributed by atoms with E-state index in [1.807, 2.05) is 0 Å². The summed E-state index contributed by atoms with van der Waals surface area (Å²) >= 11 is 0. The number of rotatable bonds is 6. The van der Waals surface area contributed by atoms with Gasteiger partial charge in [0.25, 0.3) is 10.2 Å². The molecule has 0 spiro atoms. The molecule has 0 heterocycles. The molecule has 2 N–H and O–H groups in total. The quantitative estimate of drug-likeness (QED) is 0.651. The molecule has 2 atom stereocenters. The molecule has 112 valence electrons. The van der Waals surface area contributed by atoms with Crippen LogP contribution in [0.5, 0.6) is 0 Å². The smallest absolute Gasteiger partial charge is 0.306 e. The van der Waals surface area contributed by atoms with Gasteiger partial charge in [-0.15, -0.1) is 0 Å². The lowest BCUT2D eigenvalue weighted by Crippen LogP contribution is -2.50. The van der Waals surface area contributed by atoms with Crippen molar-refractivity contribution in [2.24, 2.45) is 0 Å². The second-order valence-electron chi connectivity index (χ2n) is 4.73. The molecule has 0 aromatic carbocycles. The molecule has 0 saturated heterocycles. The van der Waals surface area contributed by atoms with Crippen molar-refractivity contribution in [3.8, 4) is 0 Å². The molecular formula is C11H22N2O5S. The summed E-state index contributed by atoms with van der Waals surface area (Å²) in [4.78, 5) is 11.0. The maximum Gasteiger partial charge on any atom is 0.306 e. The number of carbonyl (C=O) groups is 1. The summed E-state index contributed by atoms with van der Waals surface area (Å²) in [6.45, 7) is 0.0465. The zero-order chi connectivity index (χ0) is 14.5. The lowest BCUT2D eigenvalue weighted by Gasteiger charge is -2.29. The predicted octanol–water partition coefficient (Wildman–Crippen LogP) is -0.381. The predicted molar refractivity (Wildman–Crippen MR) is 69.6 cm³/mol. The first-order chi connectivity index (χ1) is 8.86. The van der Waals surface area contributed by atoms with Gasteiger partial charge in [0, 0.05) is 19.6 Å². The number of esters is 1. The van der Waals surface area contributed by atoms with Gasteiger partial charge in [0.1, 0.15) is 0 Å². The largest absolute Gasteiger partial charge is 0.469 e. The van der Waals surface area contributed by atoms with Crippen LogP contribution in [0.3, 0.4) is 0 Å². The number of nitrogens with zero attached hydrogens (tertiary/aromatic N) is 1. The van der Waals surface area contributed by atoms with E-state index in [4.69, 9.17) is 0 Å². The Morgan fingerprint density at radius 2 is 2.05 bits per heavy atom. The second kappa shape index (κ2) is 7.18. The molecule has 7 nitrogen and oxygen atoms in total. The van der Waals surface area contributed by atoms with Crippen LogP contribution in [0.4, 0.5) is 0 Å². The fourth-order valence-electron chi connectivity index (χ4n) is 2.00. The molecule has 0 aromatic rings. The summed E-state index contributed by atoms with van der Waals surface area (Å²) in [6, 6.07) is -0.445. The maximum atomic E-state index is 12.0. The van der Waals surface area contributed by atoms with E-state index in [0.29, 0.717) is 12.8 Å². The molecule has 0 aliphatic heterocycles. The third-order valence-electron chi connectivity index (χ3n) is 3.30. The summed E-state index contributed by atoms with van der Waals surface area (Å²) in [5.74, 6) is -0.459. The number of nitrogens with one attached hydrogen (secondary N) is 1. The van der Waals surface area contributed by atoms with Crippen molar-refractivity contribution in [2.45, 2.75) is 44.2 Å². The Kier molecular flexibility index (Phi) is 6.18. The molecule has 0 unspecified atom stereocenters. The molecule has 1 saturated carbocycles. The number of ether oxygens (including phenoxy) is 1. The van der Waals surface area contributed by atoms with E-state index >= 15 is 0 Å². The Bertz CT molecular complexity index is 398. The number of hydrogen-bond donors (Lipinski definition) is 2. The van der Waals surface area contributed by atoms with E-state index in [-0.39, 0.29) is 13.0 Å². The highest BCUT2D eigenvalue weighted by molar-refractivity contribution is 7.87. The zero-order valence-corrected chi connectivity index (χ0v) is 12.1. The third kappa shape index (κ3) is 5.06. The first-order valence-corrected chi connectivity index (χ1v) is 7.79. The van der Waals surface area contributed by atoms with E-state index in [0.717, 1.165) is 17.1 Å². The van der Waals surface area contributed by atoms with Crippen LogP contribution in [0.15, 0.2) is 0 Å². The number of aliphatic hydroxyl groups is 1. The normalized spacial score (nSPS) is 24.4. The molecule has 1 aliphatic rings. The molecule has 1 rings (SSSR count). The minimum Gasteiger partial charge on any atom is -0.469 e. The molecule has 19 heavy (non-hydrogen) atoms. The summed E-state index contributed by atoms with van der Waals surface area (Å²) < 4.78 is 32.0. The Morgan fingerprint density at radius 1 is 1.42 bits per heavy atom. The van der Waals surface area contributed by atoms with Gasteiger partial charge >= 0.3 is 5.97 Å². The molecule has 1 aliphatic carbocycles. The second-order valence-corrected chi connectivity index (χ2v) is 6.54. The van der Waals surface area contributed by atoms with Crippen LogP contribution in [0.1, 0.15) is 32.1 Å². The highest BCUT2D eigenvalue weighted by Gasteiger charge is 2.29. The zero-order valence-electron chi connectivity index (χ0n) is 11.3. The number of aliphatic hydroxyl groups excluding tert-OH is 1. The monoisotopic (exact) mass is 294 g/mol. The van der Waals surface area contributed by atoms with Gasteiger partial charge in [0.2, 0.25) is 0 Å². The topological polar surface area (TPSA) is 95.9 Å². The minimum atomic E-state index is -3.68. The van der Waals surface area contributed by atoms with Crippen LogP contribution >= 0.6 is 0 Å². The van der Waals surface area contributed by atoms with Crippen LogP contribution in [-0.4, -0.2) is 56.6 Å². The SMILES string of the molecule is COC(=O)CCN(C)S(=O)(=O)N[C@@H]1CCCC[C@H]1O. The van der Waals surface area contributed by atoms with E-state index < -0.39 is 28.3 Å². The molecule has 1 fully saturated rings. The van der Waals surface area contributed by atoms with Crippen LogP contribution in [0.25, 0.3) is 0 Å². The molecule has 8 heteroatoms. The number of methoxy groups -OCH3 is 1. The van der Waals surface area contributed by atoms with Gasteiger partial charge in [-0.2, -0.15) is 17.4 Å². The molecule has 0 aromatic heterocycles. The summed E-state index contributed by atoms with van der Waals surface area (Å²) in [7, 11) is -1.03. The molecule has 0 bridgehead atoms. The van der Waals surface area contributed by atoms with Crippen molar-refractivity contribution in [1.82, 2.24) is 9.03 Å². The van der Waals surface area contributed by atoms with Gasteiger partial charge < -0.3 is 9.84 Å². The third-order valence-corrected chi connectivity index (χ3v) is 4.90. The van der Waals surface area contributed by atoms with Crippen molar-refractivity contribution in [3.63, 3.8) is 0 Å². The first-order valence-electron chi connectivity index (χ1n) is 6.35. The lowest BCUT2D eigenvalue weighted by molar-refractivity contribution is -0.140. The summed E-state index contributed by atoms with van der Waals surface area (Å²) in [5, 5.41) is 9.75. The average Bonchev–Trinajstić information content (AvgIpc) is 2.37. The number of hydrogen-bond acceptors (Lipinski definition) is 5. The van der Waals surface area contributed by atoms with Crippen molar-refractivity contribution in [1.29, 1.82) is 0 Å². The highest BCUT2D eigenvalue weighted by atomic mass is 32.2. The fraction of sp³-hybridized carbons (Fsp3) is 0.909. The van der Waals surface area contributed by atoms with Gasteiger partial charge in [0.15, 0.2) is 0 Å². The fourth-order valence-corrected chi connectivity index (χ4v) is 3.17. The summed E-state index contributed by atoms with van der Waals surface area (Å²) in [5.41, 5.74) is 0. The average molecular weight is 294 g/mol. The highest BCUT2D eigenvalue weighted by Crippen LogP contribution is 2.19. The molecule has 0 amide bonds. The van der Waals surface area contributed by atoms with Gasteiger partial charge in [-0.3, -0.25) is 4.79 Å². The lowest BCUT2D eigenvalue weighted by atomic mass is 9.93. The standard InChI is InChI=1S/C11H22N2O5S/c1-13(8-7-11(15)18-2)19(16,17)12-9-5-3-4-6-10(9)14/h9-10,12,14H,3-8H2,1-2H3/t9-,10-/m1/s1. The van der Waals surface area contributed by atoms with E-state index in [9.17, 15) is 18.3 Å². The van der Waals surface area contributed by atoms with Crippen molar-refractivity contribution in [3.05, 3.63) is 0 Å². The van der Waals surface area contributed by atoms with Crippen LogP contribution in [-0.2, 0) is 19.7 Å². The van der Waals surface area contributed by atoms with E-state index in [2.05, 4.69) is 9.46 Å². The van der Waals surface area contributed by atoms with Crippen molar-refractivity contribution < 1.29 is 23.1 Å². The van der Waals surface area contributed by atoms with Gasteiger partial charge in [-0.25, -0.2) is 0 Å². The van der Waals surface area contributed by atoms with Gasteiger partial charge in [-0.1, -0.05) is 12.8 Å². The van der Waals surface area contributed by atoms with Crippen LogP contribution in [0.2, 0.25) is 0 Å². The van der Waals surface area contributed by atoms with Crippen LogP contribution < -0.4 is 4.72 Å². The van der Waals surface area contributed by atoms with Crippen molar-refractivity contribution in [2.75, 3.05) is 20.7 Å². The van der Waals surface area contributed by atoms with Gasteiger partial charge in [-0.05, 0) is 12.8 Å². The molecule has 0 radical (unpaired) electrons. The molecular weight excluding hydrogens is 272 g/mol.